The number of ether oxygens (including phenoxy) is 1. The molecule has 1 unspecified atom stereocenters. The Morgan fingerprint density at radius 1 is 1.40 bits per heavy atom. The number of carbonyl (C=O) groups excluding carboxylic acids is 1. The quantitative estimate of drug-likeness (QED) is 0.809. The molecule has 1 aliphatic rings. The molecule has 0 heterocycles. The largest absolute Gasteiger partial charge is 0.490 e. The number of Topliss-reactive ketones (excluding diaryl/α,β-unsaturated/α-hetero) is 1. The van der Waals surface area contributed by atoms with Crippen molar-refractivity contribution in [2.24, 2.45) is 5.92 Å². The van der Waals surface area contributed by atoms with Crippen LogP contribution < -0.4 is 4.74 Å². The predicted octanol–water partition coefficient (Wildman–Crippen LogP) is 3.52. The van der Waals surface area contributed by atoms with Crippen molar-refractivity contribution in [3.05, 3.63) is 29.3 Å². The van der Waals surface area contributed by atoms with E-state index in [4.69, 9.17) is 4.74 Å². The first-order valence-corrected chi connectivity index (χ1v) is 7.48. The van der Waals surface area contributed by atoms with Crippen LogP contribution in [-0.2, 0) is 0 Å². The van der Waals surface area contributed by atoms with E-state index in [1.165, 1.54) is 32.6 Å². The lowest BCUT2D eigenvalue weighted by Crippen LogP contribution is -2.21. The van der Waals surface area contributed by atoms with Gasteiger partial charge in [0.25, 0.3) is 0 Å². The number of aliphatic hydroxyl groups is 1. The summed E-state index contributed by atoms with van der Waals surface area (Å²) in [5.74, 6) is 1.21. The lowest BCUT2D eigenvalue weighted by atomic mass is 10.0. The van der Waals surface area contributed by atoms with E-state index in [0.29, 0.717) is 17.2 Å². The summed E-state index contributed by atoms with van der Waals surface area (Å²) in [5.41, 5.74) is 1.63. The Morgan fingerprint density at radius 2 is 2.10 bits per heavy atom. The van der Waals surface area contributed by atoms with Gasteiger partial charge in [0, 0.05) is 0 Å². The molecule has 110 valence electrons. The van der Waals surface area contributed by atoms with Crippen molar-refractivity contribution >= 4 is 5.78 Å². The highest BCUT2D eigenvalue weighted by Crippen LogP contribution is 2.29. The van der Waals surface area contributed by atoms with E-state index >= 15 is 0 Å². The van der Waals surface area contributed by atoms with Gasteiger partial charge in [-0.3, -0.25) is 4.79 Å². The molecule has 1 aliphatic carbocycles. The summed E-state index contributed by atoms with van der Waals surface area (Å²) in [6.07, 6.45) is 5.37. The standard InChI is InChI=1S/C17H24O3/c1-12-7-8-17(16(9-12)13(2)18)20-11-15(19)10-14-5-3-4-6-14/h7-9,14-15,19H,3-6,10-11H2,1-2H3. The Balaban J connectivity index is 1.91. The second-order valence-corrected chi connectivity index (χ2v) is 5.91. The van der Waals surface area contributed by atoms with Crippen LogP contribution in [-0.4, -0.2) is 23.6 Å². The van der Waals surface area contributed by atoms with Crippen molar-refractivity contribution in [3.63, 3.8) is 0 Å². The molecule has 1 aromatic rings. The number of hydrogen-bond acceptors (Lipinski definition) is 3. The van der Waals surface area contributed by atoms with E-state index in [1.807, 2.05) is 25.1 Å². The normalized spacial score (nSPS) is 17.1. The predicted molar refractivity (Wildman–Crippen MR) is 79.3 cm³/mol. The summed E-state index contributed by atoms with van der Waals surface area (Å²) in [6, 6.07) is 5.57. The molecule has 1 N–H and O–H groups in total. The number of ketones is 1. The van der Waals surface area contributed by atoms with Crippen LogP contribution in [0.15, 0.2) is 18.2 Å². The third kappa shape index (κ3) is 4.07. The second-order valence-electron chi connectivity index (χ2n) is 5.91. The first kappa shape index (κ1) is 15.0. The number of rotatable bonds is 6. The van der Waals surface area contributed by atoms with Gasteiger partial charge in [0.05, 0.1) is 11.7 Å². The van der Waals surface area contributed by atoms with Crippen molar-refractivity contribution < 1.29 is 14.6 Å². The van der Waals surface area contributed by atoms with Crippen LogP contribution in [0.1, 0.15) is 54.9 Å². The van der Waals surface area contributed by atoms with Crippen LogP contribution in [0.5, 0.6) is 5.75 Å². The number of hydrogen-bond donors (Lipinski definition) is 1. The molecule has 0 aromatic heterocycles. The van der Waals surface area contributed by atoms with Crippen molar-refractivity contribution in [3.8, 4) is 5.75 Å². The van der Waals surface area contributed by atoms with Crippen LogP contribution >= 0.6 is 0 Å². The van der Waals surface area contributed by atoms with Gasteiger partial charge in [-0.2, -0.15) is 0 Å². The lowest BCUT2D eigenvalue weighted by molar-refractivity contribution is 0.0837. The lowest BCUT2D eigenvalue weighted by Gasteiger charge is -2.17. The number of aryl methyl sites for hydroxylation is 1. The van der Waals surface area contributed by atoms with Crippen LogP contribution in [0.25, 0.3) is 0 Å². The zero-order valence-corrected chi connectivity index (χ0v) is 12.4. The molecule has 0 saturated heterocycles. The van der Waals surface area contributed by atoms with E-state index in [2.05, 4.69) is 0 Å². The summed E-state index contributed by atoms with van der Waals surface area (Å²) in [4.78, 5) is 11.6. The summed E-state index contributed by atoms with van der Waals surface area (Å²) < 4.78 is 5.65. The highest BCUT2D eigenvalue weighted by molar-refractivity contribution is 5.97. The molecule has 20 heavy (non-hydrogen) atoms. The second kappa shape index (κ2) is 6.89. The SMILES string of the molecule is CC(=O)c1cc(C)ccc1OCC(O)CC1CCCC1. The topological polar surface area (TPSA) is 46.5 Å². The van der Waals surface area contributed by atoms with Crippen molar-refractivity contribution in [2.45, 2.75) is 52.1 Å². The van der Waals surface area contributed by atoms with Gasteiger partial charge in [0.1, 0.15) is 12.4 Å². The molecule has 1 fully saturated rings. The van der Waals surface area contributed by atoms with Gasteiger partial charge < -0.3 is 9.84 Å². The van der Waals surface area contributed by atoms with Gasteiger partial charge in [-0.25, -0.2) is 0 Å². The molecule has 0 aliphatic heterocycles. The van der Waals surface area contributed by atoms with Crippen LogP contribution in [0.4, 0.5) is 0 Å². The zero-order valence-electron chi connectivity index (χ0n) is 12.4. The molecular formula is C17H24O3. The summed E-state index contributed by atoms with van der Waals surface area (Å²) in [6.45, 7) is 3.75. The van der Waals surface area contributed by atoms with Gasteiger partial charge in [-0.05, 0) is 38.3 Å². The van der Waals surface area contributed by atoms with E-state index in [1.54, 1.807) is 0 Å². The molecule has 1 aromatic carbocycles. The fourth-order valence-electron chi connectivity index (χ4n) is 2.93. The molecule has 0 amide bonds. The molecule has 1 saturated carbocycles. The average molecular weight is 276 g/mol. The van der Waals surface area contributed by atoms with Gasteiger partial charge in [0.15, 0.2) is 5.78 Å². The Kier molecular flexibility index (Phi) is 5.18. The molecule has 3 nitrogen and oxygen atoms in total. The summed E-state index contributed by atoms with van der Waals surface area (Å²) in [7, 11) is 0. The van der Waals surface area contributed by atoms with Gasteiger partial charge >= 0.3 is 0 Å². The third-order valence-electron chi connectivity index (χ3n) is 4.03. The Morgan fingerprint density at radius 3 is 2.75 bits per heavy atom. The monoisotopic (exact) mass is 276 g/mol. The van der Waals surface area contributed by atoms with Gasteiger partial charge in [-0.1, -0.05) is 37.3 Å². The fraction of sp³-hybridized carbons (Fsp3) is 0.588. The third-order valence-corrected chi connectivity index (χ3v) is 4.03. The Bertz CT molecular complexity index is 461. The van der Waals surface area contributed by atoms with E-state index < -0.39 is 6.10 Å². The molecular weight excluding hydrogens is 252 g/mol. The fourth-order valence-corrected chi connectivity index (χ4v) is 2.93. The van der Waals surface area contributed by atoms with E-state index in [0.717, 1.165) is 12.0 Å². The van der Waals surface area contributed by atoms with Crippen molar-refractivity contribution in [2.75, 3.05) is 6.61 Å². The highest BCUT2D eigenvalue weighted by Gasteiger charge is 2.19. The summed E-state index contributed by atoms with van der Waals surface area (Å²) >= 11 is 0. The number of benzene rings is 1. The minimum Gasteiger partial charge on any atom is -0.490 e. The van der Waals surface area contributed by atoms with Gasteiger partial charge in [0.2, 0.25) is 0 Å². The minimum absolute atomic E-state index is 0.00557. The average Bonchev–Trinajstić information content (AvgIpc) is 2.90. The maximum Gasteiger partial charge on any atom is 0.163 e. The molecule has 2 rings (SSSR count). The molecule has 0 spiro atoms. The Hall–Kier alpha value is -1.35. The maximum absolute atomic E-state index is 11.6. The minimum atomic E-state index is -0.445. The van der Waals surface area contributed by atoms with Crippen molar-refractivity contribution in [1.29, 1.82) is 0 Å². The van der Waals surface area contributed by atoms with Gasteiger partial charge in [-0.15, -0.1) is 0 Å². The number of carbonyl (C=O) groups is 1. The van der Waals surface area contributed by atoms with Crippen molar-refractivity contribution in [1.82, 2.24) is 0 Å². The first-order valence-electron chi connectivity index (χ1n) is 7.48. The molecule has 0 bridgehead atoms. The van der Waals surface area contributed by atoms with E-state index in [9.17, 15) is 9.90 Å². The number of aliphatic hydroxyl groups excluding tert-OH is 1. The van der Waals surface area contributed by atoms with Crippen LogP contribution in [0, 0.1) is 12.8 Å². The molecule has 0 radical (unpaired) electrons. The maximum atomic E-state index is 11.6. The highest BCUT2D eigenvalue weighted by atomic mass is 16.5. The molecule has 1 atom stereocenters. The van der Waals surface area contributed by atoms with E-state index in [-0.39, 0.29) is 12.4 Å². The zero-order chi connectivity index (χ0) is 14.5. The van der Waals surface area contributed by atoms with Crippen LogP contribution in [0.2, 0.25) is 0 Å². The van der Waals surface area contributed by atoms with Crippen LogP contribution in [0.3, 0.4) is 0 Å². The smallest absolute Gasteiger partial charge is 0.163 e. The summed E-state index contributed by atoms with van der Waals surface area (Å²) in [5, 5.41) is 10.0. The molecule has 3 heteroatoms. The Labute approximate surface area is 121 Å². The first-order chi connectivity index (χ1) is 9.56.